The van der Waals surface area contributed by atoms with Gasteiger partial charge in [0.1, 0.15) is 0 Å². The Morgan fingerprint density at radius 3 is 2.46 bits per heavy atom. The van der Waals surface area contributed by atoms with E-state index in [9.17, 15) is 4.79 Å². The second kappa shape index (κ2) is 3.99. The number of hydrogen-bond donors (Lipinski definition) is 1. The van der Waals surface area contributed by atoms with Crippen LogP contribution in [-0.4, -0.2) is 17.8 Å². The molecule has 2 atom stereocenters. The number of hydrogen-bond acceptors (Lipinski definition) is 1. The summed E-state index contributed by atoms with van der Waals surface area (Å²) in [7, 11) is 0. The van der Waals surface area contributed by atoms with Gasteiger partial charge in [0.2, 0.25) is 5.91 Å². The Morgan fingerprint density at radius 2 is 1.92 bits per heavy atom. The molecule has 74 valence electrons. The molecule has 13 heavy (non-hydrogen) atoms. The molecule has 2 saturated carbocycles. The molecule has 2 unspecified atom stereocenters. The third-order valence-corrected chi connectivity index (χ3v) is 3.75. The van der Waals surface area contributed by atoms with Crippen molar-refractivity contribution in [1.29, 1.82) is 0 Å². The molecular formula is C10H16BrNO. The van der Waals surface area contributed by atoms with E-state index in [0.717, 1.165) is 23.7 Å². The van der Waals surface area contributed by atoms with Crippen molar-refractivity contribution < 1.29 is 4.79 Å². The number of carbonyl (C=O) groups is 1. The lowest BCUT2D eigenvalue weighted by molar-refractivity contribution is -0.122. The van der Waals surface area contributed by atoms with Gasteiger partial charge in [0.05, 0.1) is 0 Å². The minimum absolute atomic E-state index is 0.302. The Labute approximate surface area is 87.6 Å². The number of alkyl halides is 1. The van der Waals surface area contributed by atoms with Gasteiger partial charge in [-0.3, -0.25) is 4.79 Å². The van der Waals surface area contributed by atoms with Gasteiger partial charge < -0.3 is 5.32 Å². The lowest BCUT2D eigenvalue weighted by Gasteiger charge is -2.04. The van der Waals surface area contributed by atoms with Crippen LogP contribution in [0.15, 0.2) is 0 Å². The van der Waals surface area contributed by atoms with E-state index in [4.69, 9.17) is 0 Å². The molecule has 1 amide bonds. The second-order valence-electron chi connectivity index (χ2n) is 4.12. The zero-order chi connectivity index (χ0) is 9.26. The summed E-state index contributed by atoms with van der Waals surface area (Å²) < 4.78 is 0. The molecule has 3 heteroatoms. The summed E-state index contributed by atoms with van der Waals surface area (Å²) in [6.07, 6.45) is 5.25. The SMILES string of the molecule is O=C(NCCBr)C1C2CCCCC21. The van der Waals surface area contributed by atoms with E-state index < -0.39 is 0 Å². The van der Waals surface area contributed by atoms with Crippen molar-refractivity contribution >= 4 is 21.8 Å². The van der Waals surface area contributed by atoms with E-state index >= 15 is 0 Å². The van der Waals surface area contributed by atoms with E-state index in [1.165, 1.54) is 25.7 Å². The molecular weight excluding hydrogens is 230 g/mol. The van der Waals surface area contributed by atoms with Gasteiger partial charge in [-0.05, 0) is 24.7 Å². The standard InChI is InChI=1S/C10H16BrNO/c11-5-6-12-10(13)9-7-3-1-2-4-8(7)9/h7-9H,1-6H2,(H,12,13). The van der Waals surface area contributed by atoms with E-state index in [0.29, 0.717) is 11.8 Å². The van der Waals surface area contributed by atoms with E-state index in [2.05, 4.69) is 21.2 Å². The van der Waals surface area contributed by atoms with Gasteiger partial charge in [-0.15, -0.1) is 0 Å². The maximum atomic E-state index is 11.6. The Balaban J connectivity index is 1.79. The van der Waals surface area contributed by atoms with Gasteiger partial charge in [-0.2, -0.15) is 0 Å². The second-order valence-corrected chi connectivity index (χ2v) is 4.91. The molecule has 0 heterocycles. The fraction of sp³-hybridized carbons (Fsp3) is 0.900. The quantitative estimate of drug-likeness (QED) is 0.757. The van der Waals surface area contributed by atoms with Gasteiger partial charge in [0.15, 0.2) is 0 Å². The topological polar surface area (TPSA) is 29.1 Å². The molecule has 2 nitrogen and oxygen atoms in total. The predicted molar refractivity (Wildman–Crippen MR) is 55.7 cm³/mol. The number of halogens is 1. The van der Waals surface area contributed by atoms with Crippen molar-refractivity contribution in [3.63, 3.8) is 0 Å². The summed E-state index contributed by atoms with van der Waals surface area (Å²) in [6, 6.07) is 0. The van der Waals surface area contributed by atoms with Crippen LogP contribution in [0.1, 0.15) is 25.7 Å². The molecule has 0 radical (unpaired) electrons. The van der Waals surface area contributed by atoms with Gasteiger partial charge in [-0.1, -0.05) is 28.8 Å². The summed E-state index contributed by atoms with van der Waals surface area (Å²) in [6.45, 7) is 0.773. The van der Waals surface area contributed by atoms with Crippen molar-refractivity contribution in [3.8, 4) is 0 Å². The number of fused-ring (bicyclic) bond motifs is 1. The molecule has 2 aliphatic carbocycles. The Kier molecular flexibility index (Phi) is 2.92. The number of nitrogens with one attached hydrogen (secondary N) is 1. The van der Waals surface area contributed by atoms with Gasteiger partial charge >= 0.3 is 0 Å². The van der Waals surface area contributed by atoms with Crippen molar-refractivity contribution in [3.05, 3.63) is 0 Å². The minimum Gasteiger partial charge on any atom is -0.355 e. The average molecular weight is 246 g/mol. The van der Waals surface area contributed by atoms with E-state index in [1.807, 2.05) is 0 Å². The van der Waals surface area contributed by atoms with Crippen LogP contribution >= 0.6 is 15.9 Å². The van der Waals surface area contributed by atoms with Crippen molar-refractivity contribution in [1.82, 2.24) is 5.32 Å². The molecule has 2 rings (SSSR count). The summed E-state index contributed by atoms with van der Waals surface area (Å²) in [5.41, 5.74) is 0. The van der Waals surface area contributed by atoms with Crippen LogP contribution in [0.3, 0.4) is 0 Å². The first-order valence-corrected chi connectivity index (χ1v) is 6.30. The van der Waals surface area contributed by atoms with Crippen LogP contribution < -0.4 is 5.32 Å². The predicted octanol–water partition coefficient (Wildman–Crippen LogP) is 1.93. The Morgan fingerprint density at radius 1 is 1.31 bits per heavy atom. The van der Waals surface area contributed by atoms with Gasteiger partial charge in [0, 0.05) is 17.8 Å². The van der Waals surface area contributed by atoms with Crippen LogP contribution in [0.5, 0.6) is 0 Å². The van der Waals surface area contributed by atoms with Gasteiger partial charge in [-0.25, -0.2) is 0 Å². The van der Waals surface area contributed by atoms with Crippen LogP contribution in [0, 0.1) is 17.8 Å². The highest BCUT2D eigenvalue weighted by Crippen LogP contribution is 2.55. The Bertz CT molecular complexity index is 195. The molecule has 0 aromatic carbocycles. The van der Waals surface area contributed by atoms with E-state index in [-0.39, 0.29) is 0 Å². The first-order chi connectivity index (χ1) is 6.34. The highest BCUT2D eigenvalue weighted by Gasteiger charge is 2.54. The summed E-state index contributed by atoms with van der Waals surface area (Å²) in [5.74, 6) is 2.16. The molecule has 0 aromatic rings. The average Bonchev–Trinajstić information content (AvgIpc) is 2.88. The number of carbonyl (C=O) groups excluding carboxylic acids is 1. The molecule has 0 spiro atoms. The van der Waals surface area contributed by atoms with Crippen molar-refractivity contribution in [2.45, 2.75) is 25.7 Å². The fourth-order valence-corrected chi connectivity index (χ4v) is 2.87. The maximum absolute atomic E-state index is 11.6. The normalized spacial score (nSPS) is 36.5. The molecule has 2 fully saturated rings. The first-order valence-electron chi connectivity index (χ1n) is 5.18. The van der Waals surface area contributed by atoms with Crippen LogP contribution in [0.2, 0.25) is 0 Å². The molecule has 0 bridgehead atoms. The first kappa shape index (κ1) is 9.50. The largest absolute Gasteiger partial charge is 0.355 e. The molecule has 0 aliphatic heterocycles. The van der Waals surface area contributed by atoms with Crippen LogP contribution in [-0.2, 0) is 4.79 Å². The summed E-state index contributed by atoms with van der Waals surface area (Å²) in [4.78, 5) is 11.6. The maximum Gasteiger partial charge on any atom is 0.223 e. The fourth-order valence-electron chi connectivity index (χ4n) is 2.67. The minimum atomic E-state index is 0.302. The lowest BCUT2D eigenvalue weighted by atomic mass is 10.0. The van der Waals surface area contributed by atoms with Gasteiger partial charge in [0.25, 0.3) is 0 Å². The molecule has 0 saturated heterocycles. The third-order valence-electron chi connectivity index (χ3n) is 3.35. The zero-order valence-corrected chi connectivity index (χ0v) is 9.35. The zero-order valence-electron chi connectivity index (χ0n) is 7.76. The molecule has 2 aliphatic rings. The summed E-state index contributed by atoms with van der Waals surface area (Å²) >= 11 is 3.31. The van der Waals surface area contributed by atoms with Crippen molar-refractivity contribution in [2.75, 3.05) is 11.9 Å². The van der Waals surface area contributed by atoms with E-state index in [1.54, 1.807) is 0 Å². The van der Waals surface area contributed by atoms with Crippen molar-refractivity contribution in [2.24, 2.45) is 17.8 Å². The number of amides is 1. The van der Waals surface area contributed by atoms with Crippen LogP contribution in [0.25, 0.3) is 0 Å². The molecule has 0 aromatic heterocycles. The molecule has 1 N–H and O–H groups in total. The highest BCUT2D eigenvalue weighted by atomic mass is 79.9. The highest BCUT2D eigenvalue weighted by molar-refractivity contribution is 9.09. The monoisotopic (exact) mass is 245 g/mol. The van der Waals surface area contributed by atoms with Crippen LogP contribution in [0.4, 0.5) is 0 Å². The summed E-state index contributed by atoms with van der Waals surface area (Å²) in [5, 5.41) is 3.83. The number of rotatable bonds is 3. The lowest BCUT2D eigenvalue weighted by Crippen LogP contribution is -2.27. The smallest absolute Gasteiger partial charge is 0.223 e. The Hall–Kier alpha value is -0.0500. The third kappa shape index (κ3) is 1.90.